The number of nitrogens with zero attached hydrogens (tertiary/aromatic N) is 1. The Morgan fingerprint density at radius 1 is 1.43 bits per heavy atom. The topological polar surface area (TPSA) is 74.7 Å². The van der Waals surface area contributed by atoms with Crippen LogP contribution in [0.2, 0.25) is 0 Å². The molecule has 1 amide bonds. The van der Waals surface area contributed by atoms with Crippen molar-refractivity contribution in [2.45, 2.75) is 0 Å². The van der Waals surface area contributed by atoms with Gasteiger partial charge in [0, 0.05) is 23.8 Å². The lowest BCUT2D eigenvalue weighted by atomic mass is 10.3. The van der Waals surface area contributed by atoms with Gasteiger partial charge in [-0.05, 0) is 17.8 Å². The summed E-state index contributed by atoms with van der Waals surface area (Å²) in [5, 5.41) is 8.65. The Balaban J connectivity index is 1.89. The van der Waals surface area contributed by atoms with Gasteiger partial charge in [0.25, 0.3) is 0 Å². The van der Waals surface area contributed by atoms with Crippen LogP contribution >= 0.6 is 10.7 Å². The van der Waals surface area contributed by atoms with Crippen molar-refractivity contribution in [1.82, 2.24) is 4.90 Å². The second-order valence-corrected chi connectivity index (χ2v) is 6.71. The van der Waals surface area contributed by atoms with Crippen molar-refractivity contribution in [1.29, 1.82) is 0 Å². The van der Waals surface area contributed by atoms with Gasteiger partial charge in [0.15, 0.2) is 0 Å². The van der Waals surface area contributed by atoms with Crippen molar-refractivity contribution in [3.05, 3.63) is 0 Å². The highest BCUT2D eigenvalue weighted by Gasteiger charge is 2.57. The minimum Gasteiger partial charge on any atom is -0.465 e. The van der Waals surface area contributed by atoms with Crippen LogP contribution in [0.3, 0.4) is 0 Å². The van der Waals surface area contributed by atoms with E-state index in [1.54, 1.807) is 0 Å². The molecule has 2 fully saturated rings. The molecule has 80 valence electrons. The third kappa shape index (κ3) is 1.81. The molecule has 2 aliphatic rings. The Kier molecular flexibility index (Phi) is 2.15. The number of hydrogen-bond acceptors (Lipinski definition) is 3. The van der Waals surface area contributed by atoms with Crippen molar-refractivity contribution in [3.63, 3.8) is 0 Å². The molecule has 0 aromatic heterocycles. The number of hydrogen-bond donors (Lipinski definition) is 1. The van der Waals surface area contributed by atoms with Gasteiger partial charge in [-0.25, -0.2) is 13.2 Å². The van der Waals surface area contributed by atoms with Crippen LogP contribution in [0, 0.1) is 17.8 Å². The molecule has 7 heteroatoms. The molecule has 1 unspecified atom stereocenters. The Labute approximate surface area is 86.1 Å². The van der Waals surface area contributed by atoms with Crippen LogP contribution in [0.1, 0.15) is 0 Å². The predicted octanol–water partition coefficient (Wildman–Crippen LogP) is 0.411. The minimum absolute atomic E-state index is 0.0165. The van der Waals surface area contributed by atoms with Crippen molar-refractivity contribution in [3.8, 4) is 0 Å². The lowest BCUT2D eigenvalue weighted by Crippen LogP contribution is -2.30. The molecule has 0 aromatic rings. The van der Waals surface area contributed by atoms with Crippen LogP contribution in [-0.4, -0.2) is 43.4 Å². The van der Waals surface area contributed by atoms with E-state index in [9.17, 15) is 13.2 Å². The standard InChI is InChI=1S/C7H10ClNO4S/c8-14(12,13)3-6-4-1-9(7(10)11)2-5(4)6/h4-6H,1-3H2,(H,10,11)/t4-,5+,6?. The van der Waals surface area contributed by atoms with Gasteiger partial charge in [0.1, 0.15) is 0 Å². The van der Waals surface area contributed by atoms with Crippen LogP contribution in [0.4, 0.5) is 4.79 Å². The normalized spacial score (nSPS) is 35.5. The molecule has 1 saturated carbocycles. The third-order valence-electron chi connectivity index (χ3n) is 3.03. The number of fused-ring (bicyclic) bond motifs is 1. The largest absolute Gasteiger partial charge is 0.465 e. The van der Waals surface area contributed by atoms with Crippen LogP contribution in [0.25, 0.3) is 0 Å². The molecule has 1 N–H and O–H groups in total. The van der Waals surface area contributed by atoms with E-state index in [1.165, 1.54) is 4.90 Å². The van der Waals surface area contributed by atoms with Gasteiger partial charge in [0.05, 0.1) is 5.75 Å². The monoisotopic (exact) mass is 239 g/mol. The fourth-order valence-corrected chi connectivity index (χ4v) is 3.67. The van der Waals surface area contributed by atoms with Gasteiger partial charge in [-0.15, -0.1) is 0 Å². The average molecular weight is 240 g/mol. The van der Waals surface area contributed by atoms with Crippen LogP contribution in [0.15, 0.2) is 0 Å². The van der Waals surface area contributed by atoms with Gasteiger partial charge in [-0.2, -0.15) is 0 Å². The summed E-state index contributed by atoms with van der Waals surface area (Å²) in [6.07, 6.45) is -0.926. The van der Waals surface area contributed by atoms with Crippen molar-refractivity contribution < 1.29 is 18.3 Å². The average Bonchev–Trinajstić information content (AvgIpc) is 2.50. The van der Waals surface area contributed by atoms with E-state index in [0.717, 1.165) is 0 Å². The van der Waals surface area contributed by atoms with Crippen LogP contribution < -0.4 is 0 Å². The fraction of sp³-hybridized carbons (Fsp3) is 0.857. The molecular formula is C7H10ClNO4S. The summed E-state index contributed by atoms with van der Waals surface area (Å²) in [5.41, 5.74) is 0. The van der Waals surface area contributed by atoms with Gasteiger partial charge in [-0.1, -0.05) is 0 Å². The van der Waals surface area contributed by atoms with Gasteiger partial charge in [0.2, 0.25) is 9.05 Å². The Hall–Kier alpha value is -0.490. The molecule has 1 aliphatic carbocycles. The van der Waals surface area contributed by atoms with E-state index in [2.05, 4.69) is 0 Å². The Bertz CT molecular complexity index is 356. The smallest absolute Gasteiger partial charge is 0.407 e. The maximum Gasteiger partial charge on any atom is 0.407 e. The quantitative estimate of drug-likeness (QED) is 0.709. The number of piperidine rings is 1. The van der Waals surface area contributed by atoms with E-state index < -0.39 is 15.1 Å². The molecule has 0 bridgehead atoms. The second-order valence-electron chi connectivity index (χ2n) is 3.88. The molecule has 3 atom stereocenters. The fourth-order valence-electron chi connectivity index (χ4n) is 2.28. The van der Waals surface area contributed by atoms with Crippen molar-refractivity contribution in [2.75, 3.05) is 18.8 Å². The zero-order valence-corrected chi connectivity index (χ0v) is 8.83. The lowest BCUT2D eigenvalue weighted by molar-refractivity contribution is 0.149. The molecule has 2 rings (SSSR count). The van der Waals surface area contributed by atoms with E-state index in [0.29, 0.717) is 13.1 Å². The molecule has 0 radical (unpaired) electrons. The Morgan fingerprint density at radius 3 is 2.29 bits per heavy atom. The maximum absolute atomic E-state index is 10.8. The SMILES string of the molecule is O=C(O)N1C[C@@H]2C(CS(=O)(=O)Cl)[C@@H]2C1. The number of carboxylic acid groups (broad SMARTS) is 1. The van der Waals surface area contributed by atoms with Crippen molar-refractivity contribution in [2.24, 2.45) is 17.8 Å². The first-order chi connectivity index (χ1) is 6.38. The summed E-state index contributed by atoms with van der Waals surface area (Å²) in [4.78, 5) is 11.9. The van der Waals surface area contributed by atoms with Gasteiger partial charge >= 0.3 is 6.09 Å². The van der Waals surface area contributed by atoms with E-state index in [-0.39, 0.29) is 23.5 Å². The summed E-state index contributed by atoms with van der Waals surface area (Å²) in [7, 11) is 1.69. The highest BCUT2D eigenvalue weighted by atomic mass is 35.7. The van der Waals surface area contributed by atoms with Gasteiger partial charge in [-0.3, -0.25) is 0 Å². The first kappa shape index (κ1) is 10.0. The number of rotatable bonds is 2. The summed E-state index contributed by atoms with van der Waals surface area (Å²) in [6.45, 7) is 0.911. The first-order valence-electron chi connectivity index (χ1n) is 4.28. The summed E-state index contributed by atoms with van der Waals surface area (Å²) < 4.78 is 21.5. The molecule has 1 saturated heterocycles. The molecule has 0 spiro atoms. The highest BCUT2D eigenvalue weighted by molar-refractivity contribution is 8.13. The molecule has 1 heterocycles. The van der Waals surface area contributed by atoms with E-state index in [1.807, 2.05) is 0 Å². The predicted molar refractivity (Wildman–Crippen MR) is 49.7 cm³/mol. The molecule has 0 aromatic carbocycles. The lowest BCUT2D eigenvalue weighted by Gasteiger charge is -2.14. The highest BCUT2D eigenvalue weighted by Crippen LogP contribution is 2.52. The maximum atomic E-state index is 10.8. The first-order valence-corrected chi connectivity index (χ1v) is 6.76. The van der Waals surface area contributed by atoms with E-state index >= 15 is 0 Å². The number of halogens is 1. The molecule has 1 aliphatic heterocycles. The van der Waals surface area contributed by atoms with E-state index in [4.69, 9.17) is 15.8 Å². The van der Waals surface area contributed by atoms with Crippen LogP contribution in [0.5, 0.6) is 0 Å². The zero-order valence-electron chi connectivity index (χ0n) is 7.26. The zero-order chi connectivity index (χ0) is 10.5. The molecule has 5 nitrogen and oxygen atoms in total. The van der Waals surface area contributed by atoms with Crippen molar-refractivity contribution >= 4 is 25.8 Å². The molecular weight excluding hydrogens is 230 g/mol. The number of likely N-dealkylation sites (tertiary alicyclic amines) is 1. The summed E-state index contributed by atoms with van der Waals surface area (Å²) >= 11 is 0. The Morgan fingerprint density at radius 2 is 1.93 bits per heavy atom. The summed E-state index contributed by atoms with van der Waals surface area (Å²) in [5.74, 6) is 0.476. The molecule has 14 heavy (non-hydrogen) atoms. The summed E-state index contributed by atoms with van der Waals surface area (Å²) in [6, 6.07) is 0. The van der Waals surface area contributed by atoms with Crippen LogP contribution in [-0.2, 0) is 9.05 Å². The van der Waals surface area contributed by atoms with Gasteiger partial charge < -0.3 is 10.0 Å². The minimum atomic E-state index is -3.43. The second kappa shape index (κ2) is 3.00. The number of carbonyl (C=O) groups is 1. The number of amides is 1. The third-order valence-corrected chi connectivity index (χ3v) is 4.19.